The summed E-state index contributed by atoms with van der Waals surface area (Å²) < 4.78 is 45.1. The molecule has 67 heavy (non-hydrogen) atoms. The number of aryl methyl sites for hydroxylation is 1. The van der Waals surface area contributed by atoms with Crippen LogP contribution in [0.1, 0.15) is 109 Å². The number of alkyl halides is 3. The van der Waals surface area contributed by atoms with Gasteiger partial charge in [-0.25, -0.2) is 15.0 Å². The van der Waals surface area contributed by atoms with Crippen LogP contribution < -0.4 is 26.4 Å². The quantitative estimate of drug-likeness (QED) is 0.0900. The zero-order chi connectivity index (χ0) is 48.5. The van der Waals surface area contributed by atoms with Crippen molar-refractivity contribution < 1.29 is 47.3 Å². The first-order chi connectivity index (χ1) is 31.4. The molecule has 4 amide bonds. The molecule has 4 saturated carbocycles. The number of carbonyl (C=O) groups is 4. The van der Waals surface area contributed by atoms with Crippen molar-refractivity contribution in [1.82, 2.24) is 40.4 Å². The second-order valence-electron chi connectivity index (χ2n) is 20.4. The van der Waals surface area contributed by atoms with E-state index in [1.165, 1.54) is 11.1 Å². The number of pyridine rings is 1. The standard InChI is InChI=1S/C47H58F3N9O7S/c1-23(2)35(61)39-55-32(30-14-34(38(51)52-16-30)66-47(48,49)50)18-59(39)46-19-45(20-46,21-46)57-41(63)29-12-28(13-29)40(62)56-37(44(5,6)7)43(65)58-17-31(60)15-33(58)42(64)54-24(3)26-8-10-27(11-9-26)36-25(4)53-22-67-36/h8-11,14,16,18,22-24,28-29,31,33,35,37,60-61H,12-13,15,17,19-21H2,1-7H3,(H2,51,52)(H,54,64)(H,56,62)(H,57,63)/t24-,28?,29?,31+,33-,35?,37+,45?,46?/m1/s1. The van der Waals surface area contributed by atoms with Gasteiger partial charge in [0.05, 0.1) is 39.5 Å². The molecule has 360 valence electrons. The summed E-state index contributed by atoms with van der Waals surface area (Å²) in [7, 11) is 0. The molecule has 4 heterocycles. The van der Waals surface area contributed by atoms with E-state index in [9.17, 15) is 42.6 Å². The van der Waals surface area contributed by atoms with Crippen molar-refractivity contribution in [3.05, 3.63) is 65.3 Å². The van der Waals surface area contributed by atoms with Crippen molar-refractivity contribution in [2.75, 3.05) is 12.3 Å². The monoisotopic (exact) mass is 949 g/mol. The summed E-state index contributed by atoms with van der Waals surface area (Å²) in [4.78, 5) is 70.6. The fourth-order valence-electron chi connectivity index (χ4n) is 10.0. The lowest BCUT2D eigenvalue weighted by Gasteiger charge is -2.71. The summed E-state index contributed by atoms with van der Waals surface area (Å²) in [5.74, 6) is -3.36. The molecule has 1 aromatic carbocycles. The average Bonchev–Trinajstić information content (AvgIpc) is 3.95. The molecule has 9 rings (SSSR count). The van der Waals surface area contributed by atoms with Crippen molar-refractivity contribution in [3.63, 3.8) is 0 Å². The minimum atomic E-state index is -4.98. The minimum absolute atomic E-state index is 0.0530. The number of nitrogens with zero attached hydrogens (tertiary/aromatic N) is 5. The number of aliphatic hydroxyl groups is 2. The molecule has 4 aromatic rings. The van der Waals surface area contributed by atoms with Gasteiger partial charge in [0.15, 0.2) is 11.6 Å². The summed E-state index contributed by atoms with van der Waals surface area (Å²) in [6, 6.07) is 6.60. The number of ether oxygens (including phenoxy) is 1. The number of anilines is 1. The van der Waals surface area contributed by atoms with E-state index in [1.807, 2.05) is 77.3 Å². The van der Waals surface area contributed by atoms with Crippen LogP contribution in [0.25, 0.3) is 21.7 Å². The number of halogens is 3. The number of hydrogen-bond donors (Lipinski definition) is 6. The lowest BCUT2D eigenvalue weighted by Crippen LogP contribution is -2.79. The van der Waals surface area contributed by atoms with Gasteiger partial charge >= 0.3 is 6.36 Å². The number of imidazole rings is 1. The van der Waals surface area contributed by atoms with Gasteiger partial charge in [0, 0.05) is 48.3 Å². The number of aromatic nitrogens is 4. The summed E-state index contributed by atoms with van der Waals surface area (Å²) in [6.45, 7) is 12.9. The molecule has 1 aliphatic heterocycles. The van der Waals surface area contributed by atoms with Crippen molar-refractivity contribution in [2.45, 2.75) is 135 Å². The Morgan fingerprint density at radius 2 is 1.60 bits per heavy atom. The third kappa shape index (κ3) is 9.48. The largest absolute Gasteiger partial charge is 0.573 e. The molecule has 16 nitrogen and oxygen atoms in total. The maximum absolute atomic E-state index is 14.3. The highest BCUT2D eigenvalue weighted by Crippen LogP contribution is 2.66. The van der Waals surface area contributed by atoms with Crippen LogP contribution >= 0.6 is 11.3 Å². The Morgan fingerprint density at radius 3 is 2.19 bits per heavy atom. The Bertz CT molecular complexity index is 2530. The van der Waals surface area contributed by atoms with Crippen molar-refractivity contribution in [3.8, 4) is 27.4 Å². The van der Waals surface area contributed by atoms with E-state index in [2.05, 4.69) is 35.6 Å². The Morgan fingerprint density at radius 1 is 0.940 bits per heavy atom. The molecule has 5 fully saturated rings. The van der Waals surface area contributed by atoms with Crippen LogP contribution in [0.4, 0.5) is 19.0 Å². The number of aliphatic hydroxyl groups excluding tert-OH is 2. The predicted molar refractivity (Wildman–Crippen MR) is 242 cm³/mol. The normalized spacial score (nSPS) is 25.8. The van der Waals surface area contributed by atoms with Crippen molar-refractivity contribution in [2.24, 2.45) is 23.2 Å². The maximum Gasteiger partial charge on any atom is 0.573 e. The lowest BCUT2D eigenvalue weighted by atomic mass is 9.43. The molecule has 0 spiro atoms. The van der Waals surface area contributed by atoms with Crippen LogP contribution in [0, 0.1) is 30.1 Å². The van der Waals surface area contributed by atoms with E-state index in [-0.39, 0.29) is 60.8 Å². The first-order valence-corrected chi connectivity index (χ1v) is 23.4. The summed E-state index contributed by atoms with van der Waals surface area (Å²) in [5, 5.41) is 31.0. The maximum atomic E-state index is 14.3. The average molecular weight is 950 g/mol. The first kappa shape index (κ1) is 47.9. The molecule has 5 atom stereocenters. The van der Waals surface area contributed by atoms with Crippen molar-refractivity contribution >= 4 is 40.8 Å². The summed E-state index contributed by atoms with van der Waals surface area (Å²) in [6.07, 6.45) is -1.69. The van der Waals surface area contributed by atoms with Gasteiger partial charge in [-0.05, 0) is 74.5 Å². The number of β-amino-alcohol motifs (C(OH)–C–C–N with tert-alkyl or cyclic N) is 1. The molecular weight excluding hydrogens is 892 g/mol. The smallest absolute Gasteiger partial charge is 0.402 e. The van der Waals surface area contributed by atoms with Gasteiger partial charge in [-0.15, -0.1) is 24.5 Å². The van der Waals surface area contributed by atoms with E-state index in [4.69, 9.17) is 5.73 Å². The topological polar surface area (TPSA) is 227 Å². The number of likely N-dealkylation sites (tertiary alicyclic amines) is 1. The van der Waals surface area contributed by atoms with Crippen LogP contribution in [0.3, 0.4) is 0 Å². The number of nitrogens with two attached hydrogens (primary N) is 1. The summed E-state index contributed by atoms with van der Waals surface area (Å²) in [5.41, 5.74) is 9.04. The number of rotatable bonds is 14. The molecule has 7 N–H and O–H groups in total. The van der Waals surface area contributed by atoms with Crippen LogP contribution in [0.15, 0.2) is 48.2 Å². The summed E-state index contributed by atoms with van der Waals surface area (Å²) >= 11 is 1.55. The number of thiazole rings is 1. The molecule has 0 radical (unpaired) electrons. The molecule has 2 bridgehead atoms. The number of nitrogens with one attached hydrogen (secondary N) is 3. The van der Waals surface area contributed by atoms with E-state index in [0.717, 1.165) is 27.8 Å². The Balaban J connectivity index is 0.858. The molecule has 20 heteroatoms. The number of hydrogen-bond acceptors (Lipinski definition) is 12. The van der Waals surface area contributed by atoms with E-state index >= 15 is 0 Å². The molecule has 1 saturated heterocycles. The third-order valence-electron chi connectivity index (χ3n) is 13.9. The van der Waals surface area contributed by atoms with E-state index in [1.54, 1.807) is 23.0 Å². The zero-order valence-electron chi connectivity index (χ0n) is 38.5. The number of amides is 4. The number of nitrogen functional groups attached to an aromatic ring is 1. The van der Waals surface area contributed by atoms with Crippen LogP contribution in [-0.2, 0) is 24.7 Å². The molecule has 4 aliphatic carbocycles. The van der Waals surface area contributed by atoms with Gasteiger partial charge < -0.3 is 46.1 Å². The Kier molecular flexibility index (Phi) is 12.5. The molecule has 5 aliphatic rings. The number of benzene rings is 1. The minimum Gasteiger partial charge on any atom is -0.402 e. The third-order valence-corrected chi connectivity index (χ3v) is 14.8. The first-order valence-electron chi connectivity index (χ1n) is 22.6. The van der Waals surface area contributed by atoms with Gasteiger partial charge in [-0.2, -0.15) is 0 Å². The van der Waals surface area contributed by atoms with E-state index < -0.39 is 82.4 Å². The zero-order valence-corrected chi connectivity index (χ0v) is 39.3. The van der Waals surface area contributed by atoms with Gasteiger partial charge in [0.25, 0.3) is 0 Å². The van der Waals surface area contributed by atoms with E-state index in [0.29, 0.717) is 25.1 Å². The highest BCUT2D eigenvalue weighted by atomic mass is 32.1. The second-order valence-corrected chi connectivity index (χ2v) is 21.3. The highest BCUT2D eigenvalue weighted by molar-refractivity contribution is 7.13. The lowest BCUT2D eigenvalue weighted by molar-refractivity contribution is -0.274. The van der Waals surface area contributed by atoms with Crippen molar-refractivity contribution in [1.29, 1.82) is 0 Å². The molecular formula is C47H58F3N9O7S. The van der Waals surface area contributed by atoms with Gasteiger partial charge in [0.1, 0.15) is 24.0 Å². The molecule has 3 aromatic heterocycles. The fourth-order valence-corrected chi connectivity index (χ4v) is 10.8. The second kappa shape index (κ2) is 17.5. The highest BCUT2D eigenvalue weighted by Gasteiger charge is 2.70. The van der Waals surface area contributed by atoms with Gasteiger partial charge in [-0.3, -0.25) is 19.2 Å². The van der Waals surface area contributed by atoms with Crippen LogP contribution in [0.5, 0.6) is 5.75 Å². The fraction of sp³-hybridized carbons (Fsp3) is 0.553. The Labute approximate surface area is 390 Å². The van der Waals surface area contributed by atoms with Gasteiger partial charge in [0.2, 0.25) is 23.6 Å². The predicted octanol–water partition coefficient (Wildman–Crippen LogP) is 5.69. The van der Waals surface area contributed by atoms with Crippen LogP contribution in [0.2, 0.25) is 0 Å². The SMILES string of the molecule is Cc1ncsc1-c1ccc([C@@H](C)NC(=O)[C@H]2C[C@H](O)CN2C(=O)[C@H](NC(=O)C2CC(C(=O)NC34CC(n5cc(-c6cnc(N)c(OC(F)(F)F)c6)nc5C(O)C(C)C)(C3)C4)C2)C(C)(C)C)cc1. The molecule has 1 unspecified atom stereocenters. The van der Waals surface area contributed by atoms with Gasteiger partial charge in [-0.1, -0.05) is 58.9 Å². The number of carbonyl (C=O) groups excluding carboxylic acids is 4. The Hall–Kier alpha value is -5.60. The van der Waals surface area contributed by atoms with Crippen LogP contribution in [-0.4, -0.2) is 94.9 Å².